The van der Waals surface area contributed by atoms with Crippen molar-refractivity contribution in [3.8, 4) is 0 Å². The van der Waals surface area contributed by atoms with Crippen molar-refractivity contribution in [3.63, 3.8) is 0 Å². The Kier molecular flexibility index (Phi) is 4.90. The van der Waals surface area contributed by atoms with Gasteiger partial charge in [-0.05, 0) is 52.5 Å². The minimum absolute atomic E-state index is 0.0149. The third-order valence-corrected chi connectivity index (χ3v) is 5.11. The zero-order valence-corrected chi connectivity index (χ0v) is 16.1. The molecule has 1 saturated carbocycles. The lowest BCUT2D eigenvalue weighted by Crippen LogP contribution is -2.49. The second-order valence-electron chi connectivity index (χ2n) is 8.08. The number of nitrogens with zero attached hydrogens (tertiary/aromatic N) is 1. The number of hydrogen-bond donors (Lipinski definition) is 1. The average molecular weight is 383 g/mol. The SMILES string of the molecule is C[C@@H](NC(=O)[C@@H]1C[C@H]2C[C@H]2N1C(=O)OC(C)(C)C)c1cccc(Cl)c1F. The lowest BCUT2D eigenvalue weighted by molar-refractivity contribution is -0.126. The normalized spacial score (nSPS) is 25.5. The maximum atomic E-state index is 14.2. The molecule has 0 bridgehead atoms. The molecule has 0 radical (unpaired) electrons. The highest BCUT2D eigenvalue weighted by molar-refractivity contribution is 6.30. The van der Waals surface area contributed by atoms with Crippen LogP contribution in [0.4, 0.5) is 9.18 Å². The van der Waals surface area contributed by atoms with Crippen molar-refractivity contribution in [1.82, 2.24) is 10.2 Å². The van der Waals surface area contributed by atoms with Gasteiger partial charge in [0.05, 0.1) is 11.1 Å². The maximum Gasteiger partial charge on any atom is 0.411 e. The molecule has 1 N–H and O–H groups in total. The number of halogens is 2. The number of hydrogen-bond acceptors (Lipinski definition) is 3. The van der Waals surface area contributed by atoms with E-state index in [2.05, 4.69) is 5.32 Å². The highest BCUT2D eigenvalue weighted by Gasteiger charge is 2.57. The number of benzene rings is 1. The van der Waals surface area contributed by atoms with E-state index in [1.807, 2.05) is 0 Å². The van der Waals surface area contributed by atoms with E-state index < -0.39 is 29.6 Å². The third kappa shape index (κ3) is 3.80. The number of fused-ring (bicyclic) bond motifs is 1. The Hall–Kier alpha value is -1.82. The van der Waals surface area contributed by atoms with Crippen molar-refractivity contribution >= 4 is 23.6 Å². The van der Waals surface area contributed by atoms with Crippen molar-refractivity contribution in [2.75, 3.05) is 0 Å². The van der Waals surface area contributed by atoms with E-state index in [0.29, 0.717) is 17.9 Å². The Balaban J connectivity index is 1.70. The van der Waals surface area contributed by atoms with Crippen LogP contribution in [0.5, 0.6) is 0 Å². The van der Waals surface area contributed by atoms with Gasteiger partial charge in [-0.2, -0.15) is 0 Å². The van der Waals surface area contributed by atoms with Crippen molar-refractivity contribution in [2.45, 2.75) is 64.3 Å². The smallest absolute Gasteiger partial charge is 0.411 e. The summed E-state index contributed by atoms with van der Waals surface area (Å²) in [4.78, 5) is 26.8. The number of piperidine rings is 1. The molecule has 4 atom stereocenters. The highest BCUT2D eigenvalue weighted by atomic mass is 35.5. The summed E-state index contributed by atoms with van der Waals surface area (Å²) >= 11 is 5.82. The van der Waals surface area contributed by atoms with E-state index in [-0.39, 0.29) is 17.0 Å². The fourth-order valence-electron chi connectivity index (χ4n) is 3.51. The van der Waals surface area contributed by atoms with Gasteiger partial charge in [-0.3, -0.25) is 9.69 Å². The summed E-state index contributed by atoms with van der Waals surface area (Å²) < 4.78 is 19.6. The topological polar surface area (TPSA) is 58.6 Å². The van der Waals surface area contributed by atoms with Crippen LogP contribution >= 0.6 is 11.6 Å². The molecule has 0 unspecified atom stereocenters. The number of carbonyl (C=O) groups excluding carboxylic acids is 2. The lowest BCUT2D eigenvalue weighted by Gasteiger charge is -2.30. The molecule has 1 aromatic rings. The summed E-state index contributed by atoms with van der Waals surface area (Å²) in [6.45, 7) is 7.08. The molecule has 2 aliphatic rings. The Morgan fingerprint density at radius 1 is 1.35 bits per heavy atom. The molecule has 142 valence electrons. The maximum absolute atomic E-state index is 14.2. The molecule has 1 aromatic carbocycles. The summed E-state index contributed by atoms with van der Waals surface area (Å²) in [5, 5.41) is 2.82. The van der Waals surface area contributed by atoms with Crippen LogP contribution in [0.15, 0.2) is 18.2 Å². The van der Waals surface area contributed by atoms with Gasteiger partial charge in [0.25, 0.3) is 0 Å². The first-order valence-corrected chi connectivity index (χ1v) is 9.22. The van der Waals surface area contributed by atoms with Crippen LogP contribution in [0.3, 0.4) is 0 Å². The number of carbonyl (C=O) groups is 2. The van der Waals surface area contributed by atoms with Crippen LogP contribution in [-0.2, 0) is 9.53 Å². The minimum atomic E-state index is -0.623. The fourth-order valence-corrected chi connectivity index (χ4v) is 3.69. The van der Waals surface area contributed by atoms with Crippen molar-refractivity contribution < 1.29 is 18.7 Å². The Morgan fingerprint density at radius 2 is 2.04 bits per heavy atom. The van der Waals surface area contributed by atoms with E-state index in [1.165, 1.54) is 6.07 Å². The van der Waals surface area contributed by atoms with Gasteiger partial charge in [-0.1, -0.05) is 23.7 Å². The van der Waals surface area contributed by atoms with Gasteiger partial charge in [-0.15, -0.1) is 0 Å². The highest BCUT2D eigenvalue weighted by Crippen LogP contribution is 2.48. The summed E-state index contributed by atoms with van der Waals surface area (Å²) in [5.41, 5.74) is -0.305. The largest absolute Gasteiger partial charge is 0.444 e. The summed E-state index contributed by atoms with van der Waals surface area (Å²) in [7, 11) is 0. The van der Waals surface area contributed by atoms with Crippen LogP contribution in [0, 0.1) is 11.7 Å². The molecule has 0 aromatic heterocycles. The van der Waals surface area contributed by atoms with Gasteiger partial charge in [0.15, 0.2) is 0 Å². The van der Waals surface area contributed by atoms with Gasteiger partial charge < -0.3 is 10.1 Å². The van der Waals surface area contributed by atoms with E-state index in [9.17, 15) is 14.0 Å². The van der Waals surface area contributed by atoms with Crippen LogP contribution in [0.2, 0.25) is 5.02 Å². The van der Waals surface area contributed by atoms with Crippen LogP contribution in [0.1, 0.15) is 52.1 Å². The number of nitrogens with one attached hydrogen (secondary N) is 1. The first kappa shape index (κ1) is 19.0. The van der Waals surface area contributed by atoms with Crippen LogP contribution in [0.25, 0.3) is 0 Å². The van der Waals surface area contributed by atoms with Gasteiger partial charge >= 0.3 is 6.09 Å². The molecule has 1 saturated heterocycles. The predicted octanol–water partition coefficient (Wildman–Crippen LogP) is 4.05. The number of ether oxygens (including phenoxy) is 1. The fraction of sp³-hybridized carbons (Fsp3) is 0.579. The third-order valence-electron chi connectivity index (χ3n) is 4.82. The first-order chi connectivity index (χ1) is 12.1. The molecule has 7 heteroatoms. The van der Waals surface area contributed by atoms with Crippen molar-refractivity contribution in [1.29, 1.82) is 0 Å². The molecule has 3 rings (SSSR count). The number of rotatable bonds is 3. The first-order valence-electron chi connectivity index (χ1n) is 8.84. The van der Waals surface area contributed by atoms with E-state index in [4.69, 9.17) is 16.3 Å². The second kappa shape index (κ2) is 6.72. The van der Waals surface area contributed by atoms with Crippen molar-refractivity contribution in [2.24, 2.45) is 5.92 Å². The Morgan fingerprint density at radius 3 is 2.69 bits per heavy atom. The Bertz CT molecular complexity index is 734. The van der Waals surface area contributed by atoms with Gasteiger partial charge in [0.1, 0.15) is 17.5 Å². The minimum Gasteiger partial charge on any atom is -0.444 e. The second-order valence-corrected chi connectivity index (χ2v) is 8.48. The standard InChI is InChI=1S/C19H24ClFN2O3/c1-10(12-6-5-7-13(20)16(12)21)22-17(24)15-9-11-8-14(11)23(15)18(25)26-19(2,3)4/h5-7,10-11,14-15H,8-9H2,1-4H3,(H,22,24)/t10-,11-,14-,15+/m1/s1. The zero-order valence-electron chi connectivity index (χ0n) is 15.4. The number of likely N-dealkylation sites (tertiary alicyclic amines) is 1. The quantitative estimate of drug-likeness (QED) is 0.857. The summed E-state index contributed by atoms with van der Waals surface area (Å²) in [6, 6.07) is 3.62. The molecule has 1 heterocycles. The molecule has 2 amide bonds. The average Bonchev–Trinajstić information content (AvgIpc) is 3.17. The van der Waals surface area contributed by atoms with Crippen LogP contribution < -0.4 is 5.32 Å². The van der Waals surface area contributed by atoms with Crippen LogP contribution in [-0.4, -0.2) is 34.6 Å². The van der Waals surface area contributed by atoms with E-state index in [1.54, 1.807) is 44.7 Å². The molecule has 5 nitrogen and oxygen atoms in total. The summed E-state index contributed by atoms with van der Waals surface area (Å²) in [5.74, 6) is -0.494. The predicted molar refractivity (Wildman–Crippen MR) is 96.3 cm³/mol. The lowest BCUT2D eigenvalue weighted by atomic mass is 10.1. The molecular formula is C19H24ClFN2O3. The van der Waals surface area contributed by atoms with Gasteiger partial charge in [0, 0.05) is 11.6 Å². The molecule has 1 aliphatic carbocycles. The zero-order chi connectivity index (χ0) is 19.2. The molecule has 26 heavy (non-hydrogen) atoms. The molecular weight excluding hydrogens is 359 g/mol. The van der Waals surface area contributed by atoms with Gasteiger partial charge in [0.2, 0.25) is 5.91 Å². The Labute approximate surface area is 157 Å². The molecule has 1 aliphatic heterocycles. The molecule has 2 fully saturated rings. The monoisotopic (exact) mass is 382 g/mol. The number of amides is 2. The van der Waals surface area contributed by atoms with Crippen molar-refractivity contribution in [3.05, 3.63) is 34.6 Å². The summed E-state index contributed by atoms with van der Waals surface area (Å²) in [6.07, 6.45) is 1.05. The van der Waals surface area contributed by atoms with E-state index in [0.717, 1.165) is 6.42 Å². The van der Waals surface area contributed by atoms with E-state index >= 15 is 0 Å². The molecule has 0 spiro atoms. The van der Waals surface area contributed by atoms with Gasteiger partial charge in [-0.25, -0.2) is 9.18 Å².